The van der Waals surface area contributed by atoms with Gasteiger partial charge in [-0.3, -0.25) is 4.79 Å². The Labute approximate surface area is 133 Å². The summed E-state index contributed by atoms with van der Waals surface area (Å²) in [5.41, 5.74) is 3.55. The van der Waals surface area contributed by atoms with E-state index >= 15 is 0 Å². The predicted molar refractivity (Wildman–Crippen MR) is 93.3 cm³/mol. The van der Waals surface area contributed by atoms with Crippen molar-refractivity contribution in [1.82, 2.24) is 0 Å². The first-order valence-corrected chi connectivity index (χ1v) is 7.58. The van der Waals surface area contributed by atoms with Crippen LogP contribution in [0.5, 0.6) is 11.5 Å². The second kappa shape index (κ2) is 8.88. The van der Waals surface area contributed by atoms with E-state index in [-0.39, 0.29) is 0 Å². The maximum absolute atomic E-state index is 11.2. The van der Waals surface area contributed by atoms with Crippen molar-refractivity contribution in [2.75, 3.05) is 12.4 Å². The molecule has 0 aromatic heterocycles. The smallest absolute Gasteiger partial charge is 0.154 e. The van der Waals surface area contributed by atoms with Crippen LogP contribution in [0.25, 0.3) is 0 Å². The monoisotopic (exact) mass is 299 g/mol. The van der Waals surface area contributed by atoms with Crippen LogP contribution in [-0.2, 0) is 0 Å². The number of hydrogen-bond acceptors (Lipinski definition) is 3. The zero-order valence-electron chi connectivity index (χ0n) is 14.1. The molecule has 2 aromatic rings. The van der Waals surface area contributed by atoms with Gasteiger partial charge in [-0.1, -0.05) is 38.5 Å². The Bertz CT molecular complexity index is 621. The summed E-state index contributed by atoms with van der Waals surface area (Å²) < 4.78 is 5.86. The Balaban J connectivity index is 0.000000745. The summed E-state index contributed by atoms with van der Waals surface area (Å²) in [6, 6.07) is 11.5. The van der Waals surface area contributed by atoms with E-state index in [1.54, 1.807) is 6.07 Å². The van der Waals surface area contributed by atoms with Gasteiger partial charge in [0.25, 0.3) is 0 Å². The summed E-state index contributed by atoms with van der Waals surface area (Å²) in [5, 5.41) is 3.10. The second-order valence-electron chi connectivity index (χ2n) is 5.16. The number of carbonyl (C=O) groups is 1. The highest BCUT2D eigenvalue weighted by Crippen LogP contribution is 2.32. The Kier molecular flexibility index (Phi) is 7.17. The lowest BCUT2D eigenvalue weighted by atomic mass is 10.1. The first-order valence-electron chi connectivity index (χ1n) is 7.58. The fourth-order valence-electron chi connectivity index (χ4n) is 1.94. The normalized spacial score (nSPS) is 9.50. The van der Waals surface area contributed by atoms with Crippen LogP contribution in [0.4, 0.5) is 5.69 Å². The number of anilines is 1. The van der Waals surface area contributed by atoms with Crippen LogP contribution in [0.1, 0.15) is 41.8 Å². The first-order chi connectivity index (χ1) is 10.6. The van der Waals surface area contributed by atoms with Gasteiger partial charge in [0.05, 0.1) is 11.3 Å². The number of rotatable bonds is 4. The van der Waals surface area contributed by atoms with E-state index in [9.17, 15) is 4.79 Å². The van der Waals surface area contributed by atoms with Crippen LogP contribution in [0.15, 0.2) is 36.4 Å². The molecule has 0 aliphatic rings. The van der Waals surface area contributed by atoms with Gasteiger partial charge in [0.15, 0.2) is 12.0 Å². The van der Waals surface area contributed by atoms with Gasteiger partial charge < -0.3 is 10.1 Å². The molecule has 0 atom stereocenters. The first kappa shape index (κ1) is 17.8. The molecule has 0 amide bonds. The van der Waals surface area contributed by atoms with E-state index in [1.807, 2.05) is 51.2 Å². The minimum Gasteiger partial charge on any atom is -0.454 e. The van der Waals surface area contributed by atoms with E-state index < -0.39 is 0 Å². The van der Waals surface area contributed by atoms with Gasteiger partial charge >= 0.3 is 0 Å². The number of ether oxygens (including phenoxy) is 1. The fraction of sp³-hybridized carbons (Fsp3) is 0.316. The number of hydrogen-bond donors (Lipinski definition) is 1. The van der Waals surface area contributed by atoms with Gasteiger partial charge in [-0.05, 0) is 43.2 Å². The highest BCUT2D eigenvalue weighted by molar-refractivity contribution is 5.82. The van der Waals surface area contributed by atoms with Crippen molar-refractivity contribution in [3.63, 3.8) is 0 Å². The average molecular weight is 299 g/mol. The van der Waals surface area contributed by atoms with Crippen LogP contribution in [0, 0.1) is 13.8 Å². The van der Waals surface area contributed by atoms with Gasteiger partial charge in [-0.2, -0.15) is 0 Å². The molecule has 0 saturated heterocycles. The molecule has 0 saturated carbocycles. The van der Waals surface area contributed by atoms with E-state index in [4.69, 9.17) is 4.74 Å². The van der Waals surface area contributed by atoms with E-state index in [1.165, 1.54) is 6.42 Å². The molecule has 0 fully saturated rings. The van der Waals surface area contributed by atoms with Crippen molar-refractivity contribution >= 4 is 12.0 Å². The molecule has 0 heterocycles. The van der Waals surface area contributed by atoms with Gasteiger partial charge in [0.2, 0.25) is 0 Å². The maximum atomic E-state index is 11.2. The Morgan fingerprint density at radius 1 is 1.09 bits per heavy atom. The molecule has 0 aliphatic heterocycles. The lowest BCUT2D eigenvalue weighted by molar-refractivity contribution is 0.112. The zero-order valence-corrected chi connectivity index (χ0v) is 14.1. The van der Waals surface area contributed by atoms with Gasteiger partial charge in [-0.15, -0.1) is 0 Å². The molecule has 0 spiro atoms. The van der Waals surface area contributed by atoms with E-state index in [2.05, 4.69) is 19.2 Å². The summed E-state index contributed by atoms with van der Waals surface area (Å²) in [7, 11) is 1.85. The molecule has 3 nitrogen and oxygen atoms in total. The molecule has 2 rings (SSSR count). The number of nitrogens with one attached hydrogen (secondary N) is 1. The summed E-state index contributed by atoms with van der Waals surface area (Å²) in [4.78, 5) is 11.2. The third kappa shape index (κ3) is 4.62. The van der Waals surface area contributed by atoms with Crippen LogP contribution >= 0.6 is 0 Å². The van der Waals surface area contributed by atoms with Gasteiger partial charge in [-0.25, -0.2) is 0 Å². The number of benzene rings is 2. The molecule has 1 N–H and O–H groups in total. The van der Waals surface area contributed by atoms with E-state index in [0.717, 1.165) is 23.1 Å². The van der Waals surface area contributed by atoms with Gasteiger partial charge in [0, 0.05) is 7.05 Å². The molecule has 22 heavy (non-hydrogen) atoms. The van der Waals surface area contributed by atoms with Crippen LogP contribution < -0.4 is 10.1 Å². The summed E-state index contributed by atoms with van der Waals surface area (Å²) in [5.74, 6) is 1.29. The van der Waals surface area contributed by atoms with Gasteiger partial charge in [0.1, 0.15) is 5.75 Å². The van der Waals surface area contributed by atoms with E-state index in [0.29, 0.717) is 17.1 Å². The highest BCUT2D eigenvalue weighted by Gasteiger charge is 2.09. The number of carbonyl (C=O) groups excluding carboxylic acids is 1. The summed E-state index contributed by atoms with van der Waals surface area (Å²) in [6.07, 6.45) is 2.08. The molecule has 0 unspecified atom stereocenters. The molecule has 0 aliphatic carbocycles. The number of aldehydes is 1. The fourth-order valence-corrected chi connectivity index (χ4v) is 1.94. The largest absolute Gasteiger partial charge is 0.454 e. The Morgan fingerprint density at radius 3 is 2.36 bits per heavy atom. The van der Waals surface area contributed by atoms with Crippen molar-refractivity contribution in [1.29, 1.82) is 0 Å². The average Bonchev–Trinajstić information content (AvgIpc) is 2.50. The van der Waals surface area contributed by atoms with Crippen LogP contribution in [0.3, 0.4) is 0 Å². The lowest BCUT2D eigenvalue weighted by Crippen LogP contribution is -1.97. The van der Waals surface area contributed by atoms with Crippen molar-refractivity contribution in [2.24, 2.45) is 0 Å². The van der Waals surface area contributed by atoms with Crippen molar-refractivity contribution in [2.45, 2.75) is 34.1 Å². The standard InChI is InChI=1S/C16H17NO2.C3H8/c1-11-7-8-16(14(9-11)17-3)19-15-6-4-5-12(2)13(15)10-18;1-3-2/h4-10,17H,1-3H3;3H2,1-2H3. The molecule has 2 aromatic carbocycles. The Morgan fingerprint density at radius 2 is 1.77 bits per heavy atom. The Hall–Kier alpha value is -2.29. The van der Waals surface area contributed by atoms with Crippen LogP contribution in [-0.4, -0.2) is 13.3 Å². The second-order valence-corrected chi connectivity index (χ2v) is 5.16. The minimum absolute atomic E-state index is 0.579. The quantitative estimate of drug-likeness (QED) is 0.772. The highest BCUT2D eigenvalue weighted by atomic mass is 16.5. The zero-order chi connectivity index (χ0) is 16.5. The number of aryl methyl sites for hydroxylation is 2. The van der Waals surface area contributed by atoms with Crippen molar-refractivity contribution in [3.8, 4) is 11.5 Å². The molecular formula is C19H25NO2. The SMILES string of the molecule is CCC.CNc1cc(C)ccc1Oc1cccc(C)c1C=O. The van der Waals surface area contributed by atoms with Crippen molar-refractivity contribution in [3.05, 3.63) is 53.1 Å². The lowest BCUT2D eigenvalue weighted by Gasteiger charge is -2.13. The van der Waals surface area contributed by atoms with Crippen LogP contribution in [0.2, 0.25) is 0 Å². The topological polar surface area (TPSA) is 38.3 Å². The maximum Gasteiger partial charge on any atom is 0.154 e. The molecule has 3 heteroatoms. The van der Waals surface area contributed by atoms with Crippen molar-refractivity contribution < 1.29 is 9.53 Å². The molecule has 0 bridgehead atoms. The summed E-state index contributed by atoms with van der Waals surface area (Å²) >= 11 is 0. The third-order valence-corrected chi connectivity index (χ3v) is 3.03. The molecular weight excluding hydrogens is 274 g/mol. The molecule has 0 radical (unpaired) electrons. The summed E-state index contributed by atoms with van der Waals surface area (Å²) in [6.45, 7) is 8.17. The predicted octanol–water partition coefficient (Wildman–Crippen LogP) is 5.37. The minimum atomic E-state index is 0.579. The molecule has 118 valence electrons. The third-order valence-electron chi connectivity index (χ3n) is 3.03.